The number of carbonyl (C=O) groups is 1. The summed E-state index contributed by atoms with van der Waals surface area (Å²) in [5.74, 6) is 1.03. The number of aryl methyl sites for hydroxylation is 1. The average Bonchev–Trinajstić information content (AvgIpc) is 3.07. The van der Waals surface area contributed by atoms with Crippen LogP contribution < -0.4 is 10.6 Å². The summed E-state index contributed by atoms with van der Waals surface area (Å²) in [6.07, 6.45) is 2.65. The van der Waals surface area contributed by atoms with Crippen molar-refractivity contribution in [2.45, 2.75) is 38.5 Å². The molecule has 5 nitrogen and oxygen atoms in total. The van der Waals surface area contributed by atoms with E-state index in [2.05, 4.69) is 20.5 Å². The molecule has 2 atom stereocenters. The molecule has 130 valence electrons. The number of nitrogens with one attached hydrogen (secondary N) is 2. The molecule has 1 aliphatic rings. The van der Waals surface area contributed by atoms with Crippen LogP contribution in [0.25, 0.3) is 0 Å². The lowest BCUT2D eigenvalue weighted by Gasteiger charge is -2.23. The second-order valence-electron chi connectivity index (χ2n) is 5.76. The molecule has 0 unspecified atom stereocenters. The number of thiazole rings is 1. The van der Waals surface area contributed by atoms with Gasteiger partial charge in [0.1, 0.15) is 6.17 Å². The predicted octanol–water partition coefficient (Wildman–Crippen LogP) is 2.42. The Balaban J connectivity index is 1.74. The van der Waals surface area contributed by atoms with Crippen molar-refractivity contribution < 1.29 is 9.18 Å². The van der Waals surface area contributed by atoms with Crippen molar-refractivity contribution >= 4 is 29.1 Å². The van der Waals surface area contributed by atoms with Gasteiger partial charge < -0.3 is 10.6 Å². The van der Waals surface area contributed by atoms with E-state index in [9.17, 15) is 9.18 Å². The summed E-state index contributed by atoms with van der Waals surface area (Å²) in [4.78, 5) is 18.3. The van der Waals surface area contributed by atoms with Crippen LogP contribution in [0.4, 0.5) is 9.18 Å². The van der Waals surface area contributed by atoms with Crippen molar-refractivity contribution in [3.63, 3.8) is 0 Å². The van der Waals surface area contributed by atoms with Crippen molar-refractivity contribution in [3.05, 3.63) is 16.1 Å². The quantitative estimate of drug-likeness (QED) is 0.699. The summed E-state index contributed by atoms with van der Waals surface area (Å²) in [7, 11) is 0. The van der Waals surface area contributed by atoms with Crippen LogP contribution in [0.2, 0.25) is 0 Å². The molecule has 2 amide bonds. The molecule has 0 bridgehead atoms. The molecule has 2 heterocycles. The minimum Gasteiger partial charge on any atom is -0.338 e. The van der Waals surface area contributed by atoms with Crippen molar-refractivity contribution in [1.29, 1.82) is 0 Å². The zero-order chi connectivity index (χ0) is 16.7. The highest BCUT2D eigenvalue weighted by atomic mass is 32.2. The maximum atomic E-state index is 13.8. The van der Waals surface area contributed by atoms with E-state index in [1.165, 1.54) is 0 Å². The molecule has 23 heavy (non-hydrogen) atoms. The van der Waals surface area contributed by atoms with E-state index in [0.717, 1.165) is 22.9 Å². The highest BCUT2D eigenvalue weighted by Crippen LogP contribution is 2.22. The first-order valence-electron chi connectivity index (χ1n) is 7.88. The van der Waals surface area contributed by atoms with Gasteiger partial charge in [-0.2, -0.15) is 11.8 Å². The maximum Gasteiger partial charge on any atom is 0.314 e. The largest absolute Gasteiger partial charge is 0.338 e. The summed E-state index contributed by atoms with van der Waals surface area (Å²) in [5, 5.41) is 8.74. The molecular weight excluding hydrogens is 335 g/mol. The lowest BCUT2D eigenvalue weighted by atomic mass is 10.2. The van der Waals surface area contributed by atoms with Crippen LogP contribution in [0.15, 0.2) is 5.38 Å². The zero-order valence-electron chi connectivity index (χ0n) is 13.7. The Morgan fingerprint density at radius 3 is 3.09 bits per heavy atom. The molecule has 8 heteroatoms. The molecule has 1 aromatic rings. The topological polar surface area (TPSA) is 57.3 Å². The van der Waals surface area contributed by atoms with Gasteiger partial charge in [-0.15, -0.1) is 11.3 Å². The predicted molar refractivity (Wildman–Crippen MR) is 95.0 cm³/mol. The smallest absolute Gasteiger partial charge is 0.314 e. The van der Waals surface area contributed by atoms with Crippen molar-refractivity contribution in [3.8, 4) is 0 Å². The Kier molecular flexibility index (Phi) is 7.58. The second-order valence-corrected chi connectivity index (χ2v) is 7.81. The lowest BCUT2D eigenvalue weighted by molar-refractivity contribution is 0.218. The van der Waals surface area contributed by atoms with E-state index in [0.29, 0.717) is 32.6 Å². The first-order chi connectivity index (χ1) is 11.1. The fourth-order valence-electron chi connectivity index (χ4n) is 2.71. The van der Waals surface area contributed by atoms with Gasteiger partial charge in [0.05, 0.1) is 10.7 Å². The SMILES string of the molecule is CSCCCNC(=O)NC[C@@H]1C[C@H](F)CN1Cc1csc(C)n1. The van der Waals surface area contributed by atoms with Gasteiger partial charge in [-0.3, -0.25) is 4.90 Å². The number of hydrogen-bond acceptors (Lipinski definition) is 5. The van der Waals surface area contributed by atoms with Gasteiger partial charge in [-0.05, 0) is 31.8 Å². The molecule has 1 aliphatic heterocycles. The van der Waals surface area contributed by atoms with Crippen molar-refractivity contribution in [2.75, 3.05) is 31.6 Å². The molecule has 0 spiro atoms. The monoisotopic (exact) mass is 360 g/mol. The van der Waals surface area contributed by atoms with E-state index in [1.54, 1.807) is 23.1 Å². The van der Waals surface area contributed by atoms with Gasteiger partial charge in [0.15, 0.2) is 0 Å². The standard InChI is InChI=1S/C15H25FN4OS2/c1-11-19-13(10-23-11)9-20-8-12(16)6-14(20)7-18-15(21)17-4-3-5-22-2/h10,12,14H,3-9H2,1-2H3,(H2,17,18,21)/t12-,14-/m0/s1. The van der Waals surface area contributed by atoms with Gasteiger partial charge in [0.25, 0.3) is 0 Å². The molecule has 0 aromatic carbocycles. The van der Waals surface area contributed by atoms with Crippen LogP contribution >= 0.6 is 23.1 Å². The van der Waals surface area contributed by atoms with E-state index in [4.69, 9.17) is 0 Å². The summed E-state index contributed by atoms with van der Waals surface area (Å²) >= 11 is 3.37. The fraction of sp³-hybridized carbons (Fsp3) is 0.733. The number of carbonyl (C=O) groups excluding carboxylic acids is 1. The third-order valence-corrected chi connectivity index (χ3v) is 5.34. The third kappa shape index (κ3) is 6.27. The van der Waals surface area contributed by atoms with Crippen LogP contribution in [-0.4, -0.2) is 59.8 Å². The molecule has 0 aliphatic carbocycles. The zero-order valence-corrected chi connectivity index (χ0v) is 15.3. The Morgan fingerprint density at radius 1 is 1.57 bits per heavy atom. The van der Waals surface area contributed by atoms with E-state index >= 15 is 0 Å². The number of aromatic nitrogens is 1. The lowest BCUT2D eigenvalue weighted by Crippen LogP contribution is -2.44. The Hall–Kier alpha value is -0.860. The van der Waals surface area contributed by atoms with Crippen LogP contribution in [0.3, 0.4) is 0 Å². The summed E-state index contributed by atoms with van der Waals surface area (Å²) < 4.78 is 13.8. The van der Waals surface area contributed by atoms with Gasteiger partial charge >= 0.3 is 6.03 Å². The van der Waals surface area contributed by atoms with E-state index in [-0.39, 0.29) is 12.1 Å². The number of alkyl halides is 1. The molecule has 0 saturated carbocycles. The molecular formula is C15H25FN4OS2. The number of halogens is 1. The summed E-state index contributed by atoms with van der Waals surface area (Å²) in [6.45, 7) is 4.17. The van der Waals surface area contributed by atoms with E-state index in [1.807, 2.05) is 18.6 Å². The van der Waals surface area contributed by atoms with E-state index < -0.39 is 6.17 Å². The number of rotatable bonds is 8. The Morgan fingerprint density at radius 2 is 2.39 bits per heavy atom. The molecule has 0 radical (unpaired) electrons. The first kappa shape index (κ1) is 18.5. The summed E-state index contributed by atoms with van der Waals surface area (Å²) in [5.41, 5.74) is 0.980. The number of amides is 2. The van der Waals surface area contributed by atoms with Crippen molar-refractivity contribution in [1.82, 2.24) is 20.5 Å². The minimum atomic E-state index is -0.828. The summed E-state index contributed by atoms with van der Waals surface area (Å²) in [6, 6.07) is -0.137. The minimum absolute atomic E-state index is 0.0314. The average molecular weight is 361 g/mol. The van der Waals surface area contributed by atoms with Gasteiger partial charge in [-0.1, -0.05) is 0 Å². The Bertz CT molecular complexity index is 500. The van der Waals surface area contributed by atoms with Gasteiger partial charge in [0, 0.05) is 37.6 Å². The molecule has 1 aromatic heterocycles. The molecule has 1 fully saturated rings. The number of thioether (sulfide) groups is 1. The molecule has 1 saturated heterocycles. The van der Waals surface area contributed by atoms with Crippen LogP contribution in [-0.2, 0) is 6.54 Å². The van der Waals surface area contributed by atoms with Crippen LogP contribution in [0.5, 0.6) is 0 Å². The number of urea groups is 1. The van der Waals surface area contributed by atoms with Gasteiger partial charge in [-0.25, -0.2) is 14.2 Å². The number of likely N-dealkylation sites (tertiary alicyclic amines) is 1. The highest BCUT2D eigenvalue weighted by molar-refractivity contribution is 7.98. The molecule has 2 rings (SSSR count). The van der Waals surface area contributed by atoms with Gasteiger partial charge in [0.2, 0.25) is 0 Å². The fourth-order valence-corrected chi connectivity index (χ4v) is 3.75. The van der Waals surface area contributed by atoms with Crippen LogP contribution in [0, 0.1) is 6.92 Å². The second kappa shape index (κ2) is 9.44. The molecule has 2 N–H and O–H groups in total. The Labute approximate surface area is 145 Å². The maximum absolute atomic E-state index is 13.8. The first-order valence-corrected chi connectivity index (χ1v) is 10.2. The third-order valence-electron chi connectivity index (χ3n) is 3.82. The number of hydrogen-bond donors (Lipinski definition) is 2. The highest BCUT2D eigenvalue weighted by Gasteiger charge is 2.32. The van der Waals surface area contributed by atoms with Crippen molar-refractivity contribution in [2.24, 2.45) is 0 Å². The number of nitrogens with zero attached hydrogens (tertiary/aromatic N) is 2. The normalized spacial score (nSPS) is 21.5. The van der Waals surface area contributed by atoms with Crippen LogP contribution in [0.1, 0.15) is 23.5 Å².